The second kappa shape index (κ2) is 11.1. The molecule has 4 aromatic rings. The van der Waals surface area contributed by atoms with E-state index in [1.54, 1.807) is 22.9 Å². The van der Waals surface area contributed by atoms with E-state index in [0.717, 1.165) is 11.3 Å². The van der Waals surface area contributed by atoms with Crippen molar-refractivity contribution in [3.05, 3.63) is 48.0 Å². The average molecular weight is 659 g/mol. The summed E-state index contributed by atoms with van der Waals surface area (Å²) in [5.74, 6) is -4.15. The lowest BCUT2D eigenvalue weighted by atomic mass is 9.78. The van der Waals surface area contributed by atoms with Crippen molar-refractivity contribution in [1.29, 1.82) is 0 Å². The highest BCUT2D eigenvalue weighted by Gasteiger charge is 2.45. The topological polar surface area (TPSA) is 135 Å². The van der Waals surface area contributed by atoms with Gasteiger partial charge < -0.3 is 9.52 Å². The molecule has 1 aliphatic carbocycles. The van der Waals surface area contributed by atoms with E-state index in [9.17, 15) is 40.3 Å². The number of sulfonamides is 1. The second-order valence-corrected chi connectivity index (χ2v) is 14.2. The Labute approximate surface area is 252 Å². The summed E-state index contributed by atoms with van der Waals surface area (Å²) in [6, 6.07) is 6.57. The molecule has 5 rings (SSSR count). The molecule has 1 aliphatic rings. The number of aliphatic carboxylic acids is 1. The molecule has 0 aliphatic heterocycles. The fourth-order valence-electron chi connectivity index (χ4n) is 4.93. The van der Waals surface area contributed by atoms with Crippen molar-refractivity contribution in [1.82, 2.24) is 19.9 Å². The molecule has 2 N–H and O–H groups in total. The minimum Gasteiger partial charge on any atom is -0.481 e. The van der Waals surface area contributed by atoms with E-state index in [-0.39, 0.29) is 58.7 Å². The zero-order valence-corrected chi connectivity index (χ0v) is 25.2. The highest BCUT2D eigenvalue weighted by atomic mass is 32.2. The summed E-state index contributed by atoms with van der Waals surface area (Å²) in [7, 11) is -4.60. The number of nitrogens with zero attached hydrogens (tertiary/aromatic N) is 3. The summed E-state index contributed by atoms with van der Waals surface area (Å²) in [5, 5.41) is 18.2. The Kier molecular flexibility index (Phi) is 8.08. The van der Waals surface area contributed by atoms with Gasteiger partial charge in [-0.3, -0.25) is 4.79 Å². The van der Waals surface area contributed by atoms with Crippen LogP contribution in [0, 0.1) is 11.3 Å². The molecule has 1 fully saturated rings. The van der Waals surface area contributed by atoms with Gasteiger partial charge in [-0.05, 0) is 44.6 Å². The van der Waals surface area contributed by atoms with Crippen LogP contribution in [0.3, 0.4) is 0 Å². The van der Waals surface area contributed by atoms with Gasteiger partial charge in [0.05, 0.1) is 20.9 Å². The molecule has 0 radical (unpaired) electrons. The Morgan fingerprint density at radius 1 is 1.14 bits per heavy atom. The lowest BCUT2D eigenvalue weighted by Gasteiger charge is -2.34. The molecule has 2 aromatic heterocycles. The molecule has 44 heavy (non-hydrogen) atoms. The van der Waals surface area contributed by atoms with Gasteiger partial charge in [-0.25, -0.2) is 22.2 Å². The molecule has 0 amide bonds. The first-order chi connectivity index (χ1) is 20.4. The number of nitrogens with one attached hydrogen (secondary N) is 1. The van der Waals surface area contributed by atoms with Gasteiger partial charge in [0.15, 0.2) is 5.01 Å². The molecule has 0 spiro atoms. The molecule has 9 nitrogen and oxygen atoms in total. The fourth-order valence-corrected chi connectivity index (χ4v) is 7.42. The monoisotopic (exact) mass is 658 g/mol. The highest BCUT2D eigenvalue weighted by Crippen LogP contribution is 2.47. The SMILES string of the molecule is CC(NS(=O)(=O)c1ccc(-c2sc(-c3nnc(CC(C)(C)C(=O)O)o3)nc2CC2CC(F)(F)C2)c2ccccc12)C(F)(F)F. The van der Waals surface area contributed by atoms with Crippen molar-refractivity contribution < 1.29 is 44.7 Å². The Morgan fingerprint density at radius 3 is 2.41 bits per heavy atom. The number of alkyl halides is 5. The van der Waals surface area contributed by atoms with Gasteiger partial charge >= 0.3 is 12.1 Å². The van der Waals surface area contributed by atoms with Crippen LogP contribution in [0.15, 0.2) is 45.7 Å². The predicted molar refractivity (Wildman–Crippen MR) is 151 cm³/mol. The van der Waals surface area contributed by atoms with Crippen LogP contribution in [0.1, 0.15) is 45.2 Å². The van der Waals surface area contributed by atoms with E-state index in [4.69, 9.17) is 4.42 Å². The Balaban J connectivity index is 1.58. The smallest absolute Gasteiger partial charge is 0.404 e. The number of carboxylic acid groups (broad SMARTS) is 1. The van der Waals surface area contributed by atoms with Gasteiger partial charge in [-0.2, -0.15) is 17.9 Å². The first kappa shape index (κ1) is 31.9. The van der Waals surface area contributed by atoms with Crippen LogP contribution < -0.4 is 4.72 Å². The molecule has 1 atom stereocenters. The molecule has 0 saturated heterocycles. The van der Waals surface area contributed by atoms with Gasteiger partial charge in [0.1, 0.15) is 6.04 Å². The lowest BCUT2D eigenvalue weighted by molar-refractivity contribution is -0.147. The largest absolute Gasteiger partial charge is 0.481 e. The van der Waals surface area contributed by atoms with E-state index >= 15 is 0 Å². The lowest BCUT2D eigenvalue weighted by Crippen LogP contribution is -2.43. The number of carboxylic acids is 1. The van der Waals surface area contributed by atoms with Gasteiger partial charge in [-0.15, -0.1) is 21.5 Å². The summed E-state index contributed by atoms with van der Waals surface area (Å²) in [6.07, 6.45) is -5.33. The Hall–Kier alpha value is -3.50. The predicted octanol–water partition coefficient (Wildman–Crippen LogP) is 6.48. The molecule has 16 heteroatoms. The Morgan fingerprint density at radius 2 is 1.80 bits per heavy atom. The minimum absolute atomic E-state index is 0.00790. The van der Waals surface area contributed by atoms with Gasteiger partial charge in [0.25, 0.3) is 5.89 Å². The summed E-state index contributed by atoms with van der Waals surface area (Å²) in [6.45, 7) is 3.71. The molecular weight excluding hydrogens is 631 g/mol. The van der Waals surface area contributed by atoms with Crippen LogP contribution in [0.25, 0.3) is 32.1 Å². The standard InChI is InChI=1S/C28H27F5N4O5S2/c1-14(28(31,32)33)37-44(40,41)20-9-8-18(16-6-4-5-7-17(16)20)22-19(10-15-11-27(29,30)12-15)34-24(43-22)23-36-35-21(42-23)13-26(2,3)25(38)39/h4-9,14-15,37H,10-13H2,1-3H3,(H,38,39). The normalized spacial score (nSPS) is 16.6. The number of carbonyl (C=O) groups is 1. The van der Waals surface area contributed by atoms with Gasteiger partial charge in [0, 0.05) is 30.2 Å². The van der Waals surface area contributed by atoms with Crippen LogP contribution in [0.2, 0.25) is 0 Å². The number of fused-ring (bicyclic) bond motifs is 1. The van der Waals surface area contributed by atoms with Crippen molar-refractivity contribution in [2.24, 2.45) is 11.3 Å². The molecule has 2 aromatic carbocycles. The molecule has 0 bridgehead atoms. The molecular formula is C28H27F5N4O5S2. The van der Waals surface area contributed by atoms with Crippen LogP contribution >= 0.6 is 11.3 Å². The fraction of sp³-hybridized carbons (Fsp3) is 0.429. The number of rotatable bonds is 10. The zero-order chi connectivity index (χ0) is 32.2. The van der Waals surface area contributed by atoms with Gasteiger partial charge in [-0.1, -0.05) is 30.3 Å². The molecule has 2 heterocycles. The maximum atomic E-state index is 13.7. The van der Waals surface area contributed by atoms with E-state index in [2.05, 4.69) is 15.2 Å². The summed E-state index contributed by atoms with van der Waals surface area (Å²) in [5.41, 5.74) is -0.271. The van der Waals surface area contributed by atoms with Crippen molar-refractivity contribution >= 4 is 38.1 Å². The minimum atomic E-state index is -4.80. The van der Waals surface area contributed by atoms with E-state index in [0.29, 0.717) is 28.4 Å². The van der Waals surface area contributed by atoms with Crippen molar-refractivity contribution in [3.8, 4) is 21.3 Å². The van der Waals surface area contributed by atoms with E-state index < -0.39 is 39.5 Å². The number of hydrogen-bond donors (Lipinski definition) is 2. The van der Waals surface area contributed by atoms with E-state index in [1.165, 1.54) is 32.0 Å². The van der Waals surface area contributed by atoms with Gasteiger partial charge in [0.2, 0.25) is 21.8 Å². The third-order valence-electron chi connectivity index (χ3n) is 7.42. The highest BCUT2D eigenvalue weighted by molar-refractivity contribution is 7.89. The molecule has 1 unspecified atom stereocenters. The first-order valence-electron chi connectivity index (χ1n) is 13.4. The number of hydrogen-bond acceptors (Lipinski definition) is 8. The summed E-state index contributed by atoms with van der Waals surface area (Å²) >= 11 is 1.10. The van der Waals surface area contributed by atoms with Crippen molar-refractivity contribution in [2.75, 3.05) is 0 Å². The van der Waals surface area contributed by atoms with Crippen LogP contribution in [0.4, 0.5) is 22.0 Å². The van der Waals surface area contributed by atoms with Crippen molar-refractivity contribution in [3.63, 3.8) is 0 Å². The van der Waals surface area contributed by atoms with Crippen LogP contribution in [-0.2, 0) is 27.7 Å². The summed E-state index contributed by atoms with van der Waals surface area (Å²) in [4.78, 5) is 16.3. The van der Waals surface area contributed by atoms with Crippen LogP contribution in [0.5, 0.6) is 0 Å². The maximum absolute atomic E-state index is 13.7. The zero-order valence-electron chi connectivity index (χ0n) is 23.6. The Bertz CT molecular complexity index is 1830. The maximum Gasteiger partial charge on any atom is 0.404 e. The molecule has 1 saturated carbocycles. The average Bonchev–Trinajstić information content (AvgIpc) is 3.52. The van der Waals surface area contributed by atoms with Crippen molar-refractivity contribution in [2.45, 2.75) is 69.5 Å². The van der Waals surface area contributed by atoms with Crippen LogP contribution in [-0.4, -0.2) is 52.8 Å². The second-order valence-electron chi connectivity index (χ2n) is 11.5. The third-order valence-corrected chi connectivity index (χ3v) is 10.1. The third kappa shape index (κ3) is 6.47. The number of benzene rings is 2. The first-order valence-corrected chi connectivity index (χ1v) is 15.7. The number of thiazole rings is 1. The summed E-state index contributed by atoms with van der Waals surface area (Å²) < 4.78 is 100. The quantitative estimate of drug-likeness (QED) is 0.185. The number of aromatic nitrogens is 3. The number of halogens is 5. The molecule has 236 valence electrons. The van der Waals surface area contributed by atoms with E-state index in [1.807, 2.05) is 0 Å².